The maximum absolute atomic E-state index is 13.9. The smallest absolute Gasteiger partial charge is 0.312 e. The molecule has 0 aliphatic rings. The van der Waals surface area contributed by atoms with Gasteiger partial charge < -0.3 is 16.4 Å². The maximum Gasteiger partial charge on any atom is 0.312 e. The first-order chi connectivity index (χ1) is 10.9. The van der Waals surface area contributed by atoms with E-state index in [1.54, 1.807) is 6.07 Å². The number of urea groups is 1. The molecule has 1 atom stereocenters. The normalized spacial score (nSPS) is 11.8. The van der Waals surface area contributed by atoms with Gasteiger partial charge in [-0.2, -0.15) is 0 Å². The lowest BCUT2D eigenvalue weighted by atomic mass is 10.0. The van der Waals surface area contributed by atoms with E-state index in [0.29, 0.717) is 5.13 Å². The van der Waals surface area contributed by atoms with Crippen LogP contribution in [-0.2, 0) is 4.79 Å². The molecule has 0 aliphatic heterocycles. The average molecular weight is 336 g/mol. The lowest BCUT2D eigenvalue weighted by Gasteiger charge is -2.17. The molecule has 0 bridgehead atoms. The van der Waals surface area contributed by atoms with Gasteiger partial charge in [0.05, 0.1) is 18.2 Å². The molecule has 23 heavy (non-hydrogen) atoms. The van der Waals surface area contributed by atoms with E-state index < -0.39 is 17.9 Å². The average Bonchev–Trinajstić information content (AvgIpc) is 2.76. The molecule has 6 nitrogen and oxygen atoms in total. The number of thiazole rings is 1. The number of nitrogens with two attached hydrogens (primary N) is 1. The van der Waals surface area contributed by atoms with Crippen LogP contribution in [-0.4, -0.2) is 16.9 Å². The highest BCUT2D eigenvalue weighted by Crippen LogP contribution is 2.24. The molecule has 0 radical (unpaired) electrons. The van der Waals surface area contributed by atoms with Crippen LogP contribution >= 0.6 is 11.3 Å². The molecule has 1 aromatic heterocycles. The van der Waals surface area contributed by atoms with Crippen molar-refractivity contribution in [3.63, 3.8) is 0 Å². The Bertz CT molecular complexity index is 713. The summed E-state index contributed by atoms with van der Waals surface area (Å²) >= 11 is 1.35. The zero-order valence-electron chi connectivity index (χ0n) is 12.7. The predicted octanol–water partition coefficient (Wildman–Crippen LogP) is 2.64. The molecule has 0 spiro atoms. The molecular weight excluding hydrogens is 319 g/mol. The minimum atomic E-state index is -0.851. The lowest BCUT2D eigenvalue weighted by Crippen LogP contribution is -2.35. The summed E-state index contributed by atoms with van der Waals surface area (Å²) in [5, 5.41) is 5.51. The van der Waals surface area contributed by atoms with E-state index in [4.69, 9.17) is 5.73 Å². The molecule has 2 rings (SSSR count). The third-order valence-electron chi connectivity index (χ3n) is 3.26. The second kappa shape index (κ2) is 7.19. The Labute approximate surface area is 136 Å². The number of rotatable bonds is 5. The highest BCUT2D eigenvalue weighted by Gasteiger charge is 2.21. The van der Waals surface area contributed by atoms with Gasteiger partial charge in [-0.25, -0.2) is 14.2 Å². The number of amides is 3. The number of aromatic nitrogens is 1. The van der Waals surface area contributed by atoms with E-state index in [1.165, 1.54) is 29.5 Å². The van der Waals surface area contributed by atoms with Crippen molar-refractivity contribution >= 4 is 28.4 Å². The molecule has 2 aromatic rings. The highest BCUT2D eigenvalue weighted by molar-refractivity contribution is 7.15. The second-order valence-electron chi connectivity index (χ2n) is 5.00. The number of hydrogen-bond acceptors (Lipinski definition) is 4. The quantitative estimate of drug-likeness (QED) is 0.783. The minimum Gasteiger partial charge on any atom is -0.352 e. The minimum absolute atomic E-state index is 0.151. The first-order valence-corrected chi connectivity index (χ1v) is 7.72. The first kappa shape index (κ1) is 16.9. The number of anilines is 1. The zero-order valence-corrected chi connectivity index (χ0v) is 13.5. The monoisotopic (exact) mass is 336 g/mol. The molecule has 0 unspecified atom stereocenters. The largest absolute Gasteiger partial charge is 0.352 e. The van der Waals surface area contributed by atoms with Gasteiger partial charge in [-0.3, -0.25) is 4.79 Å². The van der Waals surface area contributed by atoms with Crippen molar-refractivity contribution in [2.24, 2.45) is 5.73 Å². The first-order valence-electron chi connectivity index (χ1n) is 6.91. The van der Waals surface area contributed by atoms with Crippen molar-refractivity contribution in [1.29, 1.82) is 0 Å². The van der Waals surface area contributed by atoms with Crippen LogP contribution in [0.1, 0.15) is 28.6 Å². The predicted molar refractivity (Wildman–Crippen MR) is 86.7 cm³/mol. The van der Waals surface area contributed by atoms with Crippen LogP contribution in [0.3, 0.4) is 0 Å². The molecule has 0 saturated heterocycles. The van der Waals surface area contributed by atoms with Crippen LogP contribution in [0.2, 0.25) is 0 Å². The lowest BCUT2D eigenvalue weighted by molar-refractivity contribution is -0.116. The number of halogens is 1. The summed E-state index contributed by atoms with van der Waals surface area (Å²) in [6.07, 6.45) is -0.151. The van der Waals surface area contributed by atoms with Crippen molar-refractivity contribution in [2.75, 3.05) is 5.32 Å². The maximum atomic E-state index is 13.9. The van der Waals surface area contributed by atoms with Gasteiger partial charge in [0.25, 0.3) is 0 Å². The Hall–Kier alpha value is -2.48. The van der Waals surface area contributed by atoms with Crippen LogP contribution in [0.4, 0.5) is 14.3 Å². The van der Waals surface area contributed by atoms with Crippen LogP contribution in [0, 0.1) is 19.7 Å². The number of hydrogen-bond donors (Lipinski definition) is 3. The van der Waals surface area contributed by atoms with Crippen molar-refractivity contribution in [3.05, 3.63) is 46.2 Å². The highest BCUT2D eigenvalue weighted by atomic mass is 32.1. The number of carbonyl (C=O) groups excluding carboxylic acids is 2. The van der Waals surface area contributed by atoms with Gasteiger partial charge in [-0.1, -0.05) is 18.2 Å². The summed E-state index contributed by atoms with van der Waals surface area (Å²) in [7, 11) is 0. The number of benzene rings is 1. The topological polar surface area (TPSA) is 97.1 Å². The molecule has 122 valence electrons. The Morgan fingerprint density at radius 2 is 2.04 bits per heavy atom. The second-order valence-corrected chi connectivity index (χ2v) is 6.20. The molecule has 0 aliphatic carbocycles. The number of aryl methyl sites for hydroxylation is 2. The van der Waals surface area contributed by atoms with Crippen molar-refractivity contribution in [1.82, 2.24) is 10.3 Å². The van der Waals surface area contributed by atoms with Crippen LogP contribution < -0.4 is 16.4 Å². The Morgan fingerprint density at radius 3 is 2.61 bits per heavy atom. The SMILES string of the molecule is Cc1nc(NC(=O)C[C@H](NC(N)=O)c2ccccc2F)sc1C. The molecular formula is C15H17FN4O2S. The molecule has 4 N–H and O–H groups in total. The molecule has 8 heteroatoms. The fraction of sp³-hybridized carbons (Fsp3) is 0.267. The van der Waals surface area contributed by atoms with Crippen LogP contribution in [0.15, 0.2) is 24.3 Å². The van der Waals surface area contributed by atoms with E-state index in [2.05, 4.69) is 15.6 Å². The molecule has 1 heterocycles. The van der Waals surface area contributed by atoms with Gasteiger partial charge in [0.1, 0.15) is 5.82 Å². The van der Waals surface area contributed by atoms with Crippen LogP contribution in [0.5, 0.6) is 0 Å². The van der Waals surface area contributed by atoms with Gasteiger partial charge in [-0.15, -0.1) is 11.3 Å². The summed E-state index contributed by atoms with van der Waals surface area (Å²) in [6, 6.07) is 4.24. The third kappa shape index (κ3) is 4.49. The van der Waals surface area contributed by atoms with Crippen molar-refractivity contribution < 1.29 is 14.0 Å². The summed E-state index contributed by atoms with van der Waals surface area (Å²) < 4.78 is 13.9. The Morgan fingerprint density at radius 1 is 1.35 bits per heavy atom. The van der Waals surface area contributed by atoms with Gasteiger partial charge >= 0.3 is 6.03 Å². The van der Waals surface area contributed by atoms with E-state index in [1.807, 2.05) is 13.8 Å². The standard InChI is InChI=1S/C15H17FN4O2S/c1-8-9(2)23-15(18-8)20-13(21)7-12(19-14(17)22)10-5-3-4-6-11(10)16/h3-6,12H,7H2,1-2H3,(H3,17,19,22)(H,18,20,21)/t12-/m0/s1. The van der Waals surface area contributed by atoms with Crippen LogP contribution in [0.25, 0.3) is 0 Å². The number of nitrogens with one attached hydrogen (secondary N) is 2. The summed E-state index contributed by atoms with van der Waals surface area (Å²) in [5.74, 6) is -0.902. The fourth-order valence-electron chi connectivity index (χ4n) is 2.05. The van der Waals surface area contributed by atoms with Gasteiger partial charge in [-0.05, 0) is 19.9 Å². The van der Waals surface area contributed by atoms with E-state index in [0.717, 1.165) is 10.6 Å². The fourth-order valence-corrected chi connectivity index (χ4v) is 2.88. The van der Waals surface area contributed by atoms with Crippen molar-refractivity contribution in [2.45, 2.75) is 26.3 Å². The van der Waals surface area contributed by atoms with Gasteiger partial charge in [0, 0.05) is 10.4 Å². The number of nitrogens with zero attached hydrogens (tertiary/aromatic N) is 1. The Balaban J connectivity index is 2.12. The van der Waals surface area contributed by atoms with Crippen molar-refractivity contribution in [3.8, 4) is 0 Å². The van der Waals surface area contributed by atoms with E-state index in [-0.39, 0.29) is 17.9 Å². The molecule has 3 amide bonds. The third-order valence-corrected chi connectivity index (χ3v) is 4.25. The zero-order chi connectivity index (χ0) is 17.0. The molecule has 1 aromatic carbocycles. The Kier molecular flexibility index (Phi) is 5.28. The number of primary amides is 1. The van der Waals surface area contributed by atoms with E-state index >= 15 is 0 Å². The molecule has 0 fully saturated rings. The number of carbonyl (C=O) groups is 2. The van der Waals surface area contributed by atoms with E-state index in [9.17, 15) is 14.0 Å². The van der Waals surface area contributed by atoms with Gasteiger partial charge in [0.15, 0.2) is 5.13 Å². The van der Waals surface area contributed by atoms with Gasteiger partial charge in [0.2, 0.25) is 5.91 Å². The molecule has 0 saturated carbocycles. The summed E-state index contributed by atoms with van der Waals surface area (Å²) in [6.45, 7) is 3.75. The summed E-state index contributed by atoms with van der Waals surface area (Å²) in [4.78, 5) is 28.5. The summed E-state index contributed by atoms with van der Waals surface area (Å²) in [5.41, 5.74) is 6.16.